The molecule has 31 heavy (non-hydrogen) atoms. The van der Waals surface area contributed by atoms with E-state index < -0.39 is 6.36 Å². The fraction of sp³-hybridized carbons (Fsp3) is 0.0870. The number of hydrogen-bond acceptors (Lipinski definition) is 4. The Hall–Kier alpha value is -3.78. The lowest BCUT2D eigenvalue weighted by Crippen LogP contribution is -2.36. The first-order valence-corrected chi connectivity index (χ1v) is 9.24. The second-order valence-electron chi connectivity index (χ2n) is 6.52. The summed E-state index contributed by atoms with van der Waals surface area (Å²) in [5.41, 5.74) is 7.73. The second-order valence-corrected chi connectivity index (χ2v) is 6.52. The molecule has 3 aromatic rings. The zero-order valence-electron chi connectivity index (χ0n) is 16.2. The third-order valence-electron chi connectivity index (χ3n) is 4.20. The lowest BCUT2D eigenvalue weighted by atomic mass is 10.1. The predicted octanol–water partition coefficient (Wildman–Crippen LogP) is 4.90. The van der Waals surface area contributed by atoms with E-state index >= 15 is 0 Å². The average Bonchev–Trinajstić information content (AvgIpc) is 2.74. The normalized spacial score (nSPS) is 11.5. The largest absolute Gasteiger partial charge is 0.573 e. The standard InChI is InChI=1S/C23H19F3N2O3/c24-23(25,26)31-20-11-7-16(8-12-20)6-9-18-14-19(10-13-21(18)29)22(30)28-27-15-17-4-2-1-3-5-17/h1-14,27,29H,15H2,(H,28,30)/b9-6+. The number of carbonyl (C=O) groups excluding carboxylic acids is 1. The van der Waals surface area contributed by atoms with Crippen molar-refractivity contribution in [3.8, 4) is 11.5 Å². The quantitative estimate of drug-likeness (QED) is 0.370. The summed E-state index contributed by atoms with van der Waals surface area (Å²) in [6, 6.07) is 19.2. The van der Waals surface area contributed by atoms with Gasteiger partial charge in [-0.15, -0.1) is 13.2 Å². The Balaban J connectivity index is 1.63. The van der Waals surface area contributed by atoms with Crippen molar-refractivity contribution >= 4 is 18.1 Å². The molecule has 0 fully saturated rings. The minimum Gasteiger partial charge on any atom is -0.507 e. The number of ether oxygens (including phenoxy) is 1. The number of carbonyl (C=O) groups is 1. The molecule has 0 heterocycles. The van der Waals surface area contributed by atoms with Gasteiger partial charge in [0, 0.05) is 17.7 Å². The smallest absolute Gasteiger partial charge is 0.507 e. The zero-order chi connectivity index (χ0) is 22.3. The van der Waals surface area contributed by atoms with Crippen molar-refractivity contribution in [2.45, 2.75) is 12.9 Å². The van der Waals surface area contributed by atoms with E-state index in [1.807, 2.05) is 30.3 Å². The molecule has 0 aliphatic heterocycles. The minimum atomic E-state index is -4.75. The number of aromatic hydroxyl groups is 1. The molecule has 3 rings (SSSR count). The van der Waals surface area contributed by atoms with Crippen LogP contribution in [0.4, 0.5) is 13.2 Å². The summed E-state index contributed by atoms with van der Waals surface area (Å²) in [7, 11) is 0. The minimum absolute atomic E-state index is 0.0398. The van der Waals surface area contributed by atoms with Gasteiger partial charge in [-0.25, -0.2) is 5.43 Å². The van der Waals surface area contributed by atoms with Crippen LogP contribution in [0.2, 0.25) is 0 Å². The van der Waals surface area contributed by atoms with Gasteiger partial charge in [0.1, 0.15) is 11.5 Å². The van der Waals surface area contributed by atoms with Crippen LogP contribution in [0.25, 0.3) is 12.2 Å². The molecule has 0 aliphatic rings. The van der Waals surface area contributed by atoms with Crippen molar-refractivity contribution in [2.24, 2.45) is 0 Å². The second kappa shape index (κ2) is 9.82. The number of amides is 1. The maximum absolute atomic E-state index is 12.3. The Morgan fingerprint density at radius 1 is 0.968 bits per heavy atom. The highest BCUT2D eigenvalue weighted by atomic mass is 19.4. The van der Waals surface area contributed by atoms with Gasteiger partial charge in [0.15, 0.2) is 0 Å². The summed E-state index contributed by atoms with van der Waals surface area (Å²) < 4.78 is 40.5. The number of phenols is 1. The molecule has 0 aromatic heterocycles. The van der Waals surface area contributed by atoms with E-state index in [1.54, 1.807) is 12.2 Å². The number of hydrogen-bond donors (Lipinski definition) is 3. The first-order chi connectivity index (χ1) is 14.8. The van der Waals surface area contributed by atoms with Crippen molar-refractivity contribution in [2.75, 3.05) is 0 Å². The first kappa shape index (κ1) is 21.9. The Kier molecular flexibility index (Phi) is 6.94. The average molecular weight is 428 g/mol. The van der Waals surface area contributed by atoms with E-state index in [0.717, 1.165) is 5.56 Å². The van der Waals surface area contributed by atoms with Gasteiger partial charge >= 0.3 is 6.36 Å². The molecular formula is C23H19F3N2O3. The molecule has 0 spiro atoms. The van der Waals surface area contributed by atoms with Gasteiger partial charge in [0.05, 0.1) is 0 Å². The van der Waals surface area contributed by atoms with Gasteiger partial charge < -0.3 is 9.84 Å². The molecule has 160 valence electrons. The van der Waals surface area contributed by atoms with E-state index in [9.17, 15) is 23.1 Å². The Labute approximate surface area is 176 Å². The summed E-state index contributed by atoms with van der Waals surface area (Å²) in [6.45, 7) is 0.450. The van der Waals surface area contributed by atoms with Crippen molar-refractivity contribution in [1.29, 1.82) is 0 Å². The van der Waals surface area contributed by atoms with Crippen LogP contribution in [0.1, 0.15) is 27.0 Å². The van der Waals surface area contributed by atoms with Gasteiger partial charge in [-0.1, -0.05) is 54.6 Å². The van der Waals surface area contributed by atoms with E-state index in [2.05, 4.69) is 15.6 Å². The maximum Gasteiger partial charge on any atom is 0.573 e. The molecule has 0 unspecified atom stereocenters. The summed E-state index contributed by atoms with van der Waals surface area (Å²) >= 11 is 0. The number of phenolic OH excluding ortho intramolecular Hbond substituents is 1. The Morgan fingerprint density at radius 2 is 1.68 bits per heavy atom. The zero-order valence-corrected chi connectivity index (χ0v) is 16.2. The third-order valence-corrected chi connectivity index (χ3v) is 4.20. The van der Waals surface area contributed by atoms with E-state index in [-0.39, 0.29) is 17.4 Å². The van der Waals surface area contributed by atoms with Crippen LogP contribution in [-0.4, -0.2) is 17.4 Å². The van der Waals surface area contributed by atoms with Crippen LogP contribution in [0.3, 0.4) is 0 Å². The fourth-order valence-corrected chi connectivity index (χ4v) is 2.69. The molecule has 0 radical (unpaired) electrons. The van der Waals surface area contributed by atoms with E-state index in [4.69, 9.17) is 0 Å². The molecule has 0 saturated carbocycles. The SMILES string of the molecule is O=C(NNCc1ccccc1)c1ccc(O)c(/C=C/c2ccc(OC(F)(F)F)cc2)c1. The number of hydrazine groups is 1. The molecule has 8 heteroatoms. The van der Waals surface area contributed by atoms with Crippen LogP contribution in [0.5, 0.6) is 11.5 Å². The number of rotatable bonds is 7. The fourth-order valence-electron chi connectivity index (χ4n) is 2.69. The van der Waals surface area contributed by atoms with E-state index in [1.165, 1.54) is 42.5 Å². The van der Waals surface area contributed by atoms with Crippen molar-refractivity contribution in [1.82, 2.24) is 10.9 Å². The van der Waals surface area contributed by atoms with Crippen LogP contribution in [0.15, 0.2) is 72.8 Å². The molecule has 0 bridgehead atoms. The summed E-state index contributed by atoms with van der Waals surface area (Å²) in [5, 5.41) is 10.0. The van der Waals surface area contributed by atoms with Gasteiger partial charge in [0.25, 0.3) is 5.91 Å². The van der Waals surface area contributed by atoms with Crippen LogP contribution >= 0.6 is 0 Å². The lowest BCUT2D eigenvalue weighted by Gasteiger charge is -2.09. The lowest BCUT2D eigenvalue weighted by molar-refractivity contribution is -0.274. The van der Waals surface area contributed by atoms with E-state index in [0.29, 0.717) is 23.2 Å². The molecular weight excluding hydrogens is 409 g/mol. The highest BCUT2D eigenvalue weighted by molar-refractivity contribution is 5.95. The van der Waals surface area contributed by atoms with Gasteiger partial charge in [0.2, 0.25) is 0 Å². The van der Waals surface area contributed by atoms with Gasteiger partial charge in [-0.3, -0.25) is 10.2 Å². The number of nitrogens with one attached hydrogen (secondary N) is 2. The molecule has 3 aromatic carbocycles. The highest BCUT2D eigenvalue weighted by Gasteiger charge is 2.30. The van der Waals surface area contributed by atoms with Gasteiger partial charge in [-0.05, 0) is 41.5 Å². The molecule has 1 amide bonds. The van der Waals surface area contributed by atoms with Crippen molar-refractivity contribution in [3.05, 3.63) is 95.1 Å². The molecule has 0 atom stereocenters. The van der Waals surface area contributed by atoms with Crippen LogP contribution < -0.4 is 15.6 Å². The van der Waals surface area contributed by atoms with Crippen molar-refractivity contribution < 1.29 is 27.8 Å². The first-order valence-electron chi connectivity index (χ1n) is 9.24. The molecule has 3 N–H and O–H groups in total. The van der Waals surface area contributed by atoms with Crippen molar-refractivity contribution in [3.63, 3.8) is 0 Å². The maximum atomic E-state index is 12.3. The third kappa shape index (κ3) is 6.90. The topological polar surface area (TPSA) is 70.6 Å². The molecule has 0 aliphatic carbocycles. The van der Waals surface area contributed by atoms with Crippen LogP contribution in [0, 0.1) is 0 Å². The highest BCUT2D eigenvalue weighted by Crippen LogP contribution is 2.24. The Bertz CT molecular complexity index is 1050. The number of benzene rings is 3. The molecule has 5 nitrogen and oxygen atoms in total. The monoisotopic (exact) mass is 428 g/mol. The van der Waals surface area contributed by atoms with Crippen LogP contribution in [-0.2, 0) is 6.54 Å². The van der Waals surface area contributed by atoms with Gasteiger partial charge in [-0.2, -0.15) is 0 Å². The summed E-state index contributed by atoms with van der Waals surface area (Å²) in [6.07, 6.45) is -1.59. The predicted molar refractivity (Wildman–Crippen MR) is 111 cm³/mol. The summed E-state index contributed by atoms with van der Waals surface area (Å²) in [4.78, 5) is 12.3. The number of alkyl halides is 3. The molecule has 0 saturated heterocycles. The number of halogens is 3. The summed E-state index contributed by atoms with van der Waals surface area (Å²) in [5.74, 6) is -0.740. The Morgan fingerprint density at radius 3 is 2.35 bits per heavy atom.